The predicted molar refractivity (Wildman–Crippen MR) is 92.9 cm³/mol. The Hall–Kier alpha value is -2.80. The number of ether oxygens (including phenoxy) is 2. The highest BCUT2D eigenvalue weighted by molar-refractivity contribution is 6.30. The molecule has 3 rings (SSSR count). The highest BCUT2D eigenvalue weighted by Crippen LogP contribution is 2.37. The van der Waals surface area contributed by atoms with Crippen molar-refractivity contribution < 1.29 is 18.3 Å². The molecule has 0 N–H and O–H groups in total. The van der Waals surface area contributed by atoms with Gasteiger partial charge in [0.05, 0.1) is 23.9 Å². The van der Waals surface area contributed by atoms with E-state index in [4.69, 9.17) is 21.1 Å². The van der Waals surface area contributed by atoms with Crippen LogP contribution >= 0.6 is 11.6 Å². The first-order valence-electron chi connectivity index (χ1n) is 7.55. The number of hydrogen-bond donors (Lipinski definition) is 0. The summed E-state index contributed by atoms with van der Waals surface area (Å²) >= 11 is 6.04. The third-order valence-corrected chi connectivity index (χ3v) is 3.68. The van der Waals surface area contributed by atoms with Crippen molar-refractivity contribution in [3.05, 3.63) is 59.6 Å². The van der Waals surface area contributed by atoms with E-state index in [-0.39, 0.29) is 17.3 Å². The van der Waals surface area contributed by atoms with Crippen LogP contribution in [0, 0.1) is 0 Å². The molecule has 3 heterocycles. The Morgan fingerprint density at radius 1 is 1.00 bits per heavy atom. The lowest BCUT2D eigenvalue weighted by Crippen LogP contribution is -2.09. The summed E-state index contributed by atoms with van der Waals surface area (Å²) in [5, 5.41) is 0.423. The maximum absolute atomic E-state index is 13.3. The topological polar surface area (TPSA) is 57.1 Å². The van der Waals surface area contributed by atoms with E-state index in [9.17, 15) is 8.78 Å². The quantitative estimate of drug-likeness (QED) is 0.618. The Balaban J connectivity index is 1.97. The van der Waals surface area contributed by atoms with Crippen molar-refractivity contribution in [3.63, 3.8) is 0 Å². The predicted octanol–water partition coefficient (Wildman–Crippen LogP) is 5.10. The minimum atomic E-state index is -3.02. The molecule has 0 radical (unpaired) electrons. The molecule has 3 aromatic rings. The van der Waals surface area contributed by atoms with Gasteiger partial charge >= 0.3 is 0 Å². The molecule has 0 saturated heterocycles. The first kappa shape index (κ1) is 18.0. The van der Waals surface area contributed by atoms with Crippen LogP contribution in [0.3, 0.4) is 0 Å². The van der Waals surface area contributed by atoms with Crippen LogP contribution in [0.2, 0.25) is 5.02 Å². The van der Waals surface area contributed by atoms with E-state index in [0.29, 0.717) is 22.0 Å². The molecule has 0 fully saturated rings. The number of hydrogen-bond acceptors (Lipinski definition) is 5. The van der Waals surface area contributed by atoms with Crippen LogP contribution in [0.5, 0.6) is 17.5 Å². The van der Waals surface area contributed by atoms with Gasteiger partial charge < -0.3 is 9.47 Å². The lowest BCUT2D eigenvalue weighted by Gasteiger charge is -2.13. The van der Waals surface area contributed by atoms with Crippen LogP contribution in [-0.2, 0) is 5.92 Å². The van der Waals surface area contributed by atoms with E-state index < -0.39 is 5.92 Å². The fourth-order valence-electron chi connectivity index (χ4n) is 2.27. The highest BCUT2D eigenvalue weighted by atomic mass is 35.5. The number of nitrogens with zero attached hydrogens (tertiary/aromatic N) is 3. The van der Waals surface area contributed by atoms with Crippen molar-refractivity contribution in [1.29, 1.82) is 0 Å². The second kappa shape index (κ2) is 7.21. The fourth-order valence-corrected chi connectivity index (χ4v) is 2.43. The van der Waals surface area contributed by atoms with Crippen LogP contribution in [0.15, 0.2) is 48.9 Å². The van der Waals surface area contributed by atoms with E-state index in [1.165, 1.54) is 31.6 Å². The Bertz CT molecular complexity index is 915. The van der Waals surface area contributed by atoms with Gasteiger partial charge in [0.25, 0.3) is 5.92 Å². The summed E-state index contributed by atoms with van der Waals surface area (Å²) in [5.74, 6) is -2.15. The van der Waals surface area contributed by atoms with Crippen LogP contribution in [0.4, 0.5) is 8.78 Å². The maximum Gasteiger partial charge on any atom is 0.286 e. The van der Waals surface area contributed by atoms with Crippen molar-refractivity contribution in [3.8, 4) is 28.6 Å². The second-order valence-electron chi connectivity index (χ2n) is 5.44. The van der Waals surface area contributed by atoms with E-state index in [2.05, 4.69) is 15.0 Å². The molecule has 0 atom stereocenters. The zero-order chi connectivity index (χ0) is 18.7. The number of alkyl halides is 2. The molecule has 0 spiro atoms. The SMILES string of the molecule is COc1ncc(Cl)cc1-c1cccnc1Oc1ccc(C(C)(F)F)nc1. The third-order valence-electron chi connectivity index (χ3n) is 3.47. The van der Waals surface area contributed by atoms with Gasteiger partial charge in [-0.15, -0.1) is 0 Å². The molecular formula is C18H14ClF2N3O2. The van der Waals surface area contributed by atoms with Gasteiger partial charge in [0.15, 0.2) is 0 Å². The van der Waals surface area contributed by atoms with Crippen molar-refractivity contribution >= 4 is 11.6 Å². The lowest BCUT2D eigenvalue weighted by molar-refractivity contribution is 0.0127. The second-order valence-corrected chi connectivity index (χ2v) is 5.87. The van der Waals surface area contributed by atoms with Gasteiger partial charge in [-0.05, 0) is 30.3 Å². The normalized spacial score (nSPS) is 11.3. The van der Waals surface area contributed by atoms with E-state index in [0.717, 1.165) is 6.92 Å². The van der Waals surface area contributed by atoms with Gasteiger partial charge in [0, 0.05) is 24.9 Å². The van der Waals surface area contributed by atoms with Crippen LogP contribution in [0.25, 0.3) is 11.1 Å². The molecule has 0 aliphatic carbocycles. The van der Waals surface area contributed by atoms with Crippen molar-refractivity contribution in [1.82, 2.24) is 15.0 Å². The molecule has 8 heteroatoms. The van der Waals surface area contributed by atoms with E-state index in [1.54, 1.807) is 24.4 Å². The number of aromatic nitrogens is 3. The molecular weight excluding hydrogens is 364 g/mol. The van der Waals surface area contributed by atoms with Gasteiger partial charge in [0.1, 0.15) is 11.4 Å². The fraction of sp³-hybridized carbons (Fsp3) is 0.167. The summed E-state index contributed by atoms with van der Waals surface area (Å²) in [6.45, 7) is 0.783. The number of pyridine rings is 3. The first-order valence-corrected chi connectivity index (χ1v) is 7.93. The van der Waals surface area contributed by atoms with Crippen molar-refractivity contribution in [2.45, 2.75) is 12.8 Å². The molecule has 3 aromatic heterocycles. The minimum Gasteiger partial charge on any atom is -0.481 e. The molecule has 0 aliphatic rings. The van der Waals surface area contributed by atoms with Gasteiger partial charge in [-0.2, -0.15) is 8.78 Å². The molecule has 0 bridgehead atoms. The summed E-state index contributed by atoms with van der Waals surface area (Å²) in [6.07, 6.45) is 4.23. The molecule has 0 amide bonds. The Morgan fingerprint density at radius 3 is 2.46 bits per heavy atom. The third kappa shape index (κ3) is 3.88. The summed E-state index contributed by atoms with van der Waals surface area (Å²) in [5.41, 5.74) is 0.837. The van der Waals surface area contributed by atoms with Gasteiger partial charge in [-0.3, -0.25) is 4.98 Å². The number of rotatable bonds is 5. The number of halogens is 3. The molecule has 26 heavy (non-hydrogen) atoms. The Kier molecular flexibility index (Phi) is 4.99. The average Bonchev–Trinajstić information content (AvgIpc) is 2.62. The first-order chi connectivity index (χ1) is 12.4. The largest absolute Gasteiger partial charge is 0.481 e. The highest BCUT2D eigenvalue weighted by Gasteiger charge is 2.26. The monoisotopic (exact) mass is 377 g/mol. The maximum atomic E-state index is 13.3. The zero-order valence-electron chi connectivity index (χ0n) is 13.9. The summed E-state index contributed by atoms with van der Waals surface area (Å²) < 4.78 is 37.5. The van der Waals surface area contributed by atoms with Gasteiger partial charge in [0.2, 0.25) is 11.8 Å². The zero-order valence-corrected chi connectivity index (χ0v) is 14.7. The average molecular weight is 378 g/mol. The van der Waals surface area contributed by atoms with E-state index in [1.807, 2.05) is 0 Å². The Morgan fingerprint density at radius 2 is 1.81 bits per heavy atom. The van der Waals surface area contributed by atoms with Crippen LogP contribution < -0.4 is 9.47 Å². The van der Waals surface area contributed by atoms with Crippen molar-refractivity contribution in [2.24, 2.45) is 0 Å². The van der Waals surface area contributed by atoms with E-state index >= 15 is 0 Å². The molecule has 0 aromatic carbocycles. The van der Waals surface area contributed by atoms with Gasteiger partial charge in [-0.25, -0.2) is 9.97 Å². The van der Waals surface area contributed by atoms with Crippen LogP contribution in [-0.4, -0.2) is 22.1 Å². The van der Waals surface area contributed by atoms with Crippen molar-refractivity contribution in [2.75, 3.05) is 7.11 Å². The molecule has 134 valence electrons. The smallest absolute Gasteiger partial charge is 0.286 e. The molecule has 0 saturated carbocycles. The molecule has 5 nitrogen and oxygen atoms in total. The standard InChI is InChI=1S/C18H14ClF2N3O2/c1-18(20,21)15-6-5-12(10-23-15)26-17-13(4-3-7-22-17)14-8-11(19)9-24-16(14)25-2/h3-10H,1-2H3. The lowest BCUT2D eigenvalue weighted by atomic mass is 10.1. The van der Waals surface area contributed by atoms with Crippen LogP contribution in [0.1, 0.15) is 12.6 Å². The summed E-state index contributed by atoms with van der Waals surface area (Å²) in [4.78, 5) is 12.1. The summed E-state index contributed by atoms with van der Waals surface area (Å²) in [7, 11) is 1.49. The van der Waals surface area contributed by atoms with Gasteiger partial charge in [-0.1, -0.05) is 11.6 Å². The summed E-state index contributed by atoms with van der Waals surface area (Å²) in [6, 6.07) is 7.78. The Labute approximate surface area is 153 Å². The minimum absolute atomic E-state index is 0.243. The molecule has 0 unspecified atom stereocenters. The molecule has 0 aliphatic heterocycles. The number of methoxy groups -OCH3 is 1.